The molecule has 0 saturated carbocycles. The minimum Gasteiger partial charge on any atom is -0.324 e. The molecule has 0 radical (unpaired) electrons. The van der Waals surface area contributed by atoms with E-state index in [0.717, 1.165) is 17.5 Å². The molecule has 0 amide bonds. The van der Waals surface area contributed by atoms with Crippen LogP contribution in [0.4, 0.5) is 0 Å². The highest BCUT2D eigenvalue weighted by Gasteiger charge is 2.14. The summed E-state index contributed by atoms with van der Waals surface area (Å²) in [5, 5.41) is 0. The average Bonchev–Trinajstić information content (AvgIpc) is 2.70. The van der Waals surface area contributed by atoms with Crippen LogP contribution in [0.1, 0.15) is 47.2 Å². The lowest BCUT2D eigenvalue weighted by Gasteiger charge is -2.21. The summed E-state index contributed by atoms with van der Waals surface area (Å²) < 4.78 is 0. The predicted molar refractivity (Wildman–Crippen MR) is 105 cm³/mol. The first kappa shape index (κ1) is 17.4. The van der Waals surface area contributed by atoms with Gasteiger partial charge in [0.2, 0.25) is 0 Å². The van der Waals surface area contributed by atoms with Crippen molar-refractivity contribution in [3.63, 3.8) is 0 Å². The van der Waals surface area contributed by atoms with E-state index in [-0.39, 0.29) is 6.04 Å². The lowest BCUT2D eigenvalue weighted by atomic mass is 9.88. The summed E-state index contributed by atoms with van der Waals surface area (Å²) in [7, 11) is 0. The molecule has 1 aliphatic carbocycles. The summed E-state index contributed by atoms with van der Waals surface area (Å²) in [4.78, 5) is 0. The van der Waals surface area contributed by atoms with E-state index < -0.39 is 0 Å². The zero-order chi connectivity index (χ0) is 17.5. The molecule has 1 atom stereocenters. The Morgan fingerprint density at radius 2 is 1.24 bits per heavy atom. The van der Waals surface area contributed by atoms with Gasteiger partial charge in [-0.2, -0.15) is 0 Å². The van der Waals surface area contributed by atoms with E-state index in [0.29, 0.717) is 6.04 Å². The van der Waals surface area contributed by atoms with Crippen LogP contribution in [0.2, 0.25) is 0 Å². The van der Waals surface area contributed by atoms with Crippen molar-refractivity contribution in [1.29, 1.82) is 0 Å². The average molecular weight is 330 g/mol. The zero-order valence-electron chi connectivity index (χ0n) is 14.5. The van der Waals surface area contributed by atoms with Crippen molar-refractivity contribution < 1.29 is 0 Å². The maximum atomic E-state index is 6.12. The largest absolute Gasteiger partial charge is 0.324 e. The van der Waals surface area contributed by atoms with Gasteiger partial charge in [-0.05, 0) is 41.5 Å². The number of hydrogen-bond donors (Lipinski definition) is 2. The van der Waals surface area contributed by atoms with Crippen LogP contribution in [0.5, 0.6) is 0 Å². The van der Waals surface area contributed by atoms with Crippen LogP contribution in [-0.4, -0.2) is 0 Å². The molecule has 2 heteroatoms. The van der Waals surface area contributed by atoms with Gasteiger partial charge in [0.1, 0.15) is 0 Å². The van der Waals surface area contributed by atoms with E-state index in [2.05, 4.69) is 48.5 Å². The lowest BCUT2D eigenvalue weighted by molar-refractivity contribution is 0.570. The molecule has 3 aromatic rings. The molecule has 4 rings (SSSR count). The first-order chi connectivity index (χ1) is 12.3. The topological polar surface area (TPSA) is 52.0 Å². The molecule has 1 aliphatic rings. The number of hydrogen-bond acceptors (Lipinski definition) is 2. The van der Waals surface area contributed by atoms with Gasteiger partial charge in [-0.15, -0.1) is 0 Å². The highest BCUT2D eigenvalue weighted by atomic mass is 14.6. The summed E-state index contributed by atoms with van der Waals surface area (Å²) in [5.74, 6) is 0. The molecule has 0 heterocycles. The maximum absolute atomic E-state index is 6.12. The van der Waals surface area contributed by atoms with Gasteiger partial charge < -0.3 is 11.5 Å². The Morgan fingerprint density at radius 1 is 0.720 bits per heavy atom. The van der Waals surface area contributed by atoms with Gasteiger partial charge in [-0.1, -0.05) is 84.9 Å². The molecule has 2 nitrogen and oxygen atoms in total. The monoisotopic (exact) mass is 330 g/mol. The molecule has 25 heavy (non-hydrogen) atoms. The van der Waals surface area contributed by atoms with E-state index in [9.17, 15) is 0 Å². The van der Waals surface area contributed by atoms with Crippen LogP contribution < -0.4 is 11.5 Å². The van der Waals surface area contributed by atoms with Crippen molar-refractivity contribution in [2.45, 2.75) is 31.3 Å². The number of nitrogens with two attached hydrogens (primary N) is 2. The van der Waals surface area contributed by atoms with Crippen molar-refractivity contribution in [2.75, 3.05) is 0 Å². The Labute approximate surface area is 150 Å². The van der Waals surface area contributed by atoms with Crippen LogP contribution in [0, 0.1) is 0 Å². The van der Waals surface area contributed by atoms with Crippen molar-refractivity contribution in [1.82, 2.24) is 0 Å². The third-order valence-electron chi connectivity index (χ3n) is 4.73. The van der Waals surface area contributed by atoms with Gasteiger partial charge in [0.25, 0.3) is 0 Å². The molecule has 0 bridgehead atoms. The normalized spacial score (nSPS) is 15.9. The fourth-order valence-corrected chi connectivity index (χ4v) is 3.30. The maximum Gasteiger partial charge on any atom is 0.0551 e. The van der Waals surface area contributed by atoms with Crippen LogP contribution >= 0.6 is 0 Å². The summed E-state index contributed by atoms with van der Waals surface area (Å²) >= 11 is 0. The molecule has 0 fully saturated rings. The highest BCUT2D eigenvalue weighted by Crippen LogP contribution is 2.27. The number of aryl methyl sites for hydroxylation is 1. The second-order valence-electron chi connectivity index (χ2n) is 6.50. The van der Waals surface area contributed by atoms with Gasteiger partial charge >= 0.3 is 0 Å². The van der Waals surface area contributed by atoms with Crippen molar-refractivity contribution in [2.24, 2.45) is 11.5 Å². The molecule has 0 aromatic heterocycles. The first-order valence-electron chi connectivity index (χ1n) is 8.94. The van der Waals surface area contributed by atoms with Crippen LogP contribution in [-0.2, 0) is 6.42 Å². The van der Waals surface area contributed by atoms with E-state index in [4.69, 9.17) is 11.5 Å². The van der Waals surface area contributed by atoms with Gasteiger partial charge in [0.15, 0.2) is 0 Å². The van der Waals surface area contributed by atoms with E-state index in [1.807, 2.05) is 36.4 Å². The van der Waals surface area contributed by atoms with Gasteiger partial charge in [0.05, 0.1) is 6.04 Å². The van der Waals surface area contributed by atoms with Crippen LogP contribution in [0.25, 0.3) is 0 Å². The third-order valence-corrected chi connectivity index (χ3v) is 4.73. The number of rotatable bonds is 2. The number of benzene rings is 3. The van der Waals surface area contributed by atoms with Crippen molar-refractivity contribution in [3.8, 4) is 0 Å². The molecule has 3 aromatic carbocycles. The molecule has 1 unspecified atom stereocenters. The van der Waals surface area contributed by atoms with E-state index in [1.165, 1.54) is 24.0 Å². The van der Waals surface area contributed by atoms with Crippen molar-refractivity contribution in [3.05, 3.63) is 107 Å². The molecule has 0 saturated heterocycles. The summed E-state index contributed by atoms with van der Waals surface area (Å²) in [5.41, 5.74) is 17.2. The predicted octanol–water partition coefficient (Wildman–Crippen LogP) is 4.76. The first-order valence-corrected chi connectivity index (χ1v) is 8.94. The van der Waals surface area contributed by atoms with Crippen LogP contribution in [0.3, 0.4) is 0 Å². The zero-order valence-corrected chi connectivity index (χ0v) is 14.5. The SMILES string of the molecule is NC(c1ccccc1)c1ccccc1.NC1CCCc2ccccc21. The molecular formula is C23H26N2. The summed E-state index contributed by atoms with van der Waals surface area (Å²) in [6, 6.07) is 29.0. The number of fused-ring (bicyclic) bond motifs is 1. The second-order valence-corrected chi connectivity index (χ2v) is 6.50. The molecule has 128 valence electrons. The lowest BCUT2D eigenvalue weighted by Crippen LogP contribution is -2.16. The molecule has 4 N–H and O–H groups in total. The fourth-order valence-electron chi connectivity index (χ4n) is 3.30. The van der Waals surface area contributed by atoms with Gasteiger partial charge in [-0.25, -0.2) is 0 Å². The standard InChI is InChI=1S/C13H13N.C10H13N/c14-13(11-7-3-1-4-8-11)12-9-5-2-6-10-12;11-10-7-3-5-8-4-1-2-6-9(8)10/h1-10,13H,14H2;1-2,4,6,10H,3,5,7,11H2. The Kier molecular flexibility index (Phi) is 5.99. The van der Waals surface area contributed by atoms with Crippen molar-refractivity contribution >= 4 is 0 Å². The third kappa shape index (κ3) is 4.56. The van der Waals surface area contributed by atoms with Crippen LogP contribution in [0.15, 0.2) is 84.9 Å². The van der Waals surface area contributed by atoms with Gasteiger partial charge in [0, 0.05) is 6.04 Å². The minimum absolute atomic E-state index is 0.0163. The molecule has 0 aliphatic heterocycles. The fraction of sp³-hybridized carbons (Fsp3) is 0.217. The smallest absolute Gasteiger partial charge is 0.0551 e. The quantitative estimate of drug-likeness (QED) is 0.712. The van der Waals surface area contributed by atoms with E-state index in [1.54, 1.807) is 0 Å². The Morgan fingerprint density at radius 3 is 1.80 bits per heavy atom. The second kappa shape index (κ2) is 8.61. The summed E-state index contributed by atoms with van der Waals surface area (Å²) in [6.45, 7) is 0. The van der Waals surface area contributed by atoms with Gasteiger partial charge in [-0.3, -0.25) is 0 Å². The Bertz CT molecular complexity index is 729. The molecular weight excluding hydrogens is 304 g/mol. The molecule has 0 spiro atoms. The van der Waals surface area contributed by atoms with E-state index >= 15 is 0 Å². The Hall–Kier alpha value is -2.42. The minimum atomic E-state index is -0.0163. The Balaban J connectivity index is 0.000000150. The summed E-state index contributed by atoms with van der Waals surface area (Å²) in [6.07, 6.45) is 3.61. The highest BCUT2D eigenvalue weighted by molar-refractivity contribution is 5.32.